The molecule has 1 unspecified atom stereocenters. The quantitative estimate of drug-likeness (QED) is 0.859. The van der Waals surface area contributed by atoms with E-state index in [9.17, 15) is 9.59 Å². The minimum absolute atomic E-state index is 0.199. The molecule has 1 aromatic heterocycles. The van der Waals surface area contributed by atoms with E-state index in [0.717, 1.165) is 11.4 Å². The van der Waals surface area contributed by atoms with Crippen molar-refractivity contribution in [2.75, 3.05) is 11.4 Å². The average Bonchev–Trinajstić information content (AvgIpc) is 2.84. The second-order valence-corrected chi connectivity index (χ2v) is 4.95. The van der Waals surface area contributed by atoms with Crippen LogP contribution in [0.3, 0.4) is 0 Å². The summed E-state index contributed by atoms with van der Waals surface area (Å²) in [7, 11) is 0. The van der Waals surface area contributed by atoms with E-state index in [1.54, 1.807) is 11.0 Å². The van der Waals surface area contributed by atoms with Crippen LogP contribution in [0, 0.1) is 6.92 Å². The maximum absolute atomic E-state index is 11.9. The topological polar surface area (TPSA) is 64.4 Å². The minimum atomic E-state index is -0.396. The van der Waals surface area contributed by atoms with Gasteiger partial charge in [-0.05, 0) is 25.1 Å². The first kappa shape index (κ1) is 13.4. The first-order valence-electron chi connectivity index (χ1n) is 6.71. The summed E-state index contributed by atoms with van der Waals surface area (Å²) in [6.07, 6.45) is -0.781. The number of hydrogen-bond donors (Lipinski definition) is 0. The van der Waals surface area contributed by atoms with E-state index >= 15 is 0 Å². The van der Waals surface area contributed by atoms with E-state index in [-0.39, 0.29) is 18.2 Å². The molecule has 0 radical (unpaired) electrons. The highest BCUT2D eigenvalue weighted by atomic mass is 16.6. The van der Waals surface area contributed by atoms with Crippen LogP contribution in [0.2, 0.25) is 0 Å². The summed E-state index contributed by atoms with van der Waals surface area (Å²) in [6, 6.07) is 12.4. The standard InChI is InChI=1S/C15H15N3O3/c1-11-7-8-14(19)18(16-11)10-13-9-17(15(20)21-13)12-5-3-2-4-6-12/h2-8,13H,9-10H2,1H3. The second kappa shape index (κ2) is 5.40. The van der Waals surface area contributed by atoms with Gasteiger partial charge in [0.2, 0.25) is 0 Å². The summed E-state index contributed by atoms with van der Waals surface area (Å²) < 4.78 is 6.65. The summed E-state index contributed by atoms with van der Waals surface area (Å²) in [5, 5.41) is 4.15. The fourth-order valence-electron chi connectivity index (χ4n) is 2.31. The molecule has 1 saturated heterocycles. The van der Waals surface area contributed by atoms with Gasteiger partial charge in [0.15, 0.2) is 0 Å². The predicted octanol–water partition coefficient (Wildman–Crippen LogP) is 1.58. The number of ether oxygens (including phenoxy) is 1. The number of cyclic esters (lactones) is 1. The zero-order chi connectivity index (χ0) is 14.8. The molecule has 1 aliphatic heterocycles. The van der Waals surface area contributed by atoms with Crippen LogP contribution in [0.5, 0.6) is 0 Å². The number of para-hydroxylation sites is 1. The van der Waals surface area contributed by atoms with Crippen molar-refractivity contribution in [1.29, 1.82) is 0 Å². The number of hydrogen-bond acceptors (Lipinski definition) is 4. The van der Waals surface area contributed by atoms with Crippen molar-refractivity contribution in [3.63, 3.8) is 0 Å². The van der Waals surface area contributed by atoms with Crippen LogP contribution in [0.4, 0.5) is 10.5 Å². The van der Waals surface area contributed by atoms with Gasteiger partial charge in [-0.1, -0.05) is 18.2 Å². The lowest BCUT2D eigenvalue weighted by Crippen LogP contribution is -2.31. The Labute approximate surface area is 121 Å². The van der Waals surface area contributed by atoms with Crippen molar-refractivity contribution in [2.45, 2.75) is 19.6 Å². The van der Waals surface area contributed by atoms with Gasteiger partial charge < -0.3 is 4.74 Å². The molecular formula is C15H15N3O3. The normalized spacial score (nSPS) is 17.9. The van der Waals surface area contributed by atoms with E-state index in [1.165, 1.54) is 10.7 Å². The number of nitrogens with zero attached hydrogens (tertiary/aromatic N) is 3. The summed E-state index contributed by atoms with van der Waals surface area (Å²) in [6.45, 7) is 2.48. The van der Waals surface area contributed by atoms with Crippen LogP contribution in [0.15, 0.2) is 47.3 Å². The number of rotatable bonds is 3. The van der Waals surface area contributed by atoms with E-state index in [0.29, 0.717) is 6.54 Å². The molecule has 2 aromatic rings. The molecule has 6 nitrogen and oxygen atoms in total. The van der Waals surface area contributed by atoms with Crippen LogP contribution in [0.25, 0.3) is 0 Å². The summed E-state index contributed by atoms with van der Waals surface area (Å²) in [4.78, 5) is 25.2. The number of aryl methyl sites for hydroxylation is 1. The van der Waals surface area contributed by atoms with E-state index in [2.05, 4.69) is 5.10 Å². The molecule has 21 heavy (non-hydrogen) atoms. The summed E-state index contributed by atoms with van der Waals surface area (Å²) in [5.74, 6) is 0. The van der Waals surface area contributed by atoms with Gasteiger partial charge in [-0.2, -0.15) is 5.10 Å². The lowest BCUT2D eigenvalue weighted by molar-refractivity contribution is 0.128. The molecule has 0 spiro atoms. The van der Waals surface area contributed by atoms with Gasteiger partial charge in [-0.3, -0.25) is 9.69 Å². The molecule has 0 bridgehead atoms. The average molecular weight is 285 g/mol. The molecule has 2 heterocycles. The number of anilines is 1. The molecule has 0 aliphatic carbocycles. The van der Waals surface area contributed by atoms with Crippen LogP contribution >= 0.6 is 0 Å². The number of aromatic nitrogens is 2. The molecule has 3 rings (SSSR count). The van der Waals surface area contributed by atoms with E-state index in [1.807, 2.05) is 37.3 Å². The minimum Gasteiger partial charge on any atom is -0.442 e. The van der Waals surface area contributed by atoms with Crippen molar-refractivity contribution in [3.05, 3.63) is 58.5 Å². The van der Waals surface area contributed by atoms with E-state index < -0.39 is 6.09 Å². The number of amides is 1. The number of benzene rings is 1. The van der Waals surface area contributed by atoms with Crippen molar-refractivity contribution < 1.29 is 9.53 Å². The highest BCUT2D eigenvalue weighted by Crippen LogP contribution is 2.21. The highest BCUT2D eigenvalue weighted by molar-refractivity contribution is 5.89. The molecule has 1 atom stereocenters. The van der Waals surface area contributed by atoms with Gasteiger partial charge in [-0.25, -0.2) is 9.48 Å². The lowest BCUT2D eigenvalue weighted by Gasteiger charge is -2.12. The van der Waals surface area contributed by atoms with Crippen molar-refractivity contribution in [3.8, 4) is 0 Å². The Morgan fingerprint density at radius 1 is 1.19 bits per heavy atom. The van der Waals surface area contributed by atoms with Crippen LogP contribution < -0.4 is 10.5 Å². The first-order valence-corrected chi connectivity index (χ1v) is 6.71. The third kappa shape index (κ3) is 2.79. The SMILES string of the molecule is Cc1ccc(=O)n(CC2CN(c3ccccc3)C(=O)O2)n1. The van der Waals surface area contributed by atoms with Crippen molar-refractivity contribution in [2.24, 2.45) is 0 Å². The predicted molar refractivity (Wildman–Crippen MR) is 77.3 cm³/mol. The van der Waals surface area contributed by atoms with Gasteiger partial charge >= 0.3 is 6.09 Å². The van der Waals surface area contributed by atoms with Crippen LogP contribution in [0.1, 0.15) is 5.69 Å². The van der Waals surface area contributed by atoms with Crippen molar-refractivity contribution >= 4 is 11.8 Å². The van der Waals surface area contributed by atoms with Crippen LogP contribution in [-0.4, -0.2) is 28.5 Å². The fraction of sp³-hybridized carbons (Fsp3) is 0.267. The molecular weight excluding hydrogens is 270 g/mol. The molecule has 0 N–H and O–H groups in total. The monoisotopic (exact) mass is 285 g/mol. The zero-order valence-corrected chi connectivity index (χ0v) is 11.6. The largest absolute Gasteiger partial charge is 0.442 e. The Morgan fingerprint density at radius 3 is 2.71 bits per heavy atom. The van der Waals surface area contributed by atoms with Gasteiger partial charge in [0, 0.05) is 11.8 Å². The Hall–Kier alpha value is -2.63. The molecule has 108 valence electrons. The Balaban J connectivity index is 1.76. The fourth-order valence-corrected chi connectivity index (χ4v) is 2.31. The molecule has 1 fully saturated rings. The smallest absolute Gasteiger partial charge is 0.414 e. The molecule has 0 saturated carbocycles. The molecule has 1 amide bonds. The third-order valence-electron chi connectivity index (χ3n) is 3.32. The zero-order valence-electron chi connectivity index (χ0n) is 11.6. The summed E-state index contributed by atoms with van der Waals surface area (Å²) >= 11 is 0. The van der Waals surface area contributed by atoms with Gasteiger partial charge in [0.25, 0.3) is 5.56 Å². The van der Waals surface area contributed by atoms with Gasteiger partial charge in [0.05, 0.1) is 18.8 Å². The first-order chi connectivity index (χ1) is 10.1. The van der Waals surface area contributed by atoms with Crippen molar-refractivity contribution in [1.82, 2.24) is 9.78 Å². The molecule has 6 heteroatoms. The molecule has 1 aromatic carbocycles. The van der Waals surface area contributed by atoms with Gasteiger partial charge in [0.1, 0.15) is 6.10 Å². The maximum atomic E-state index is 11.9. The number of carbonyl (C=O) groups excluding carboxylic acids is 1. The Morgan fingerprint density at radius 2 is 1.95 bits per heavy atom. The van der Waals surface area contributed by atoms with Gasteiger partial charge in [-0.15, -0.1) is 0 Å². The second-order valence-electron chi connectivity index (χ2n) is 4.95. The molecule has 1 aliphatic rings. The highest BCUT2D eigenvalue weighted by Gasteiger charge is 2.32. The Kier molecular flexibility index (Phi) is 3.43. The third-order valence-corrected chi connectivity index (χ3v) is 3.32. The maximum Gasteiger partial charge on any atom is 0.414 e. The van der Waals surface area contributed by atoms with Crippen LogP contribution in [-0.2, 0) is 11.3 Å². The van der Waals surface area contributed by atoms with E-state index in [4.69, 9.17) is 4.74 Å². The summed E-state index contributed by atoms with van der Waals surface area (Å²) in [5.41, 5.74) is 1.34. The Bertz CT molecular complexity index is 712. The lowest BCUT2D eigenvalue weighted by atomic mass is 10.2. The number of carbonyl (C=O) groups is 1.